The predicted molar refractivity (Wildman–Crippen MR) is 38.9 cm³/mol. The molecule has 9 heavy (non-hydrogen) atoms. The first-order valence-electron chi connectivity index (χ1n) is 3.08. The highest BCUT2D eigenvalue weighted by molar-refractivity contribution is 7.78. The fourth-order valence-electron chi connectivity index (χ4n) is 0.927. The van der Waals surface area contributed by atoms with Crippen LogP contribution in [0.25, 0.3) is 0 Å². The largest absolute Gasteiger partial charge is 0.376 e. The van der Waals surface area contributed by atoms with Gasteiger partial charge in [0.2, 0.25) is 0 Å². The number of aliphatic imine (C=N–C) groups is 1. The molecule has 0 aliphatic carbocycles. The molecule has 1 fully saturated rings. The van der Waals surface area contributed by atoms with E-state index in [1.165, 1.54) is 0 Å². The van der Waals surface area contributed by atoms with Crippen molar-refractivity contribution in [3.05, 3.63) is 0 Å². The van der Waals surface area contributed by atoms with Gasteiger partial charge in [-0.25, -0.2) is 4.99 Å². The average molecular weight is 143 g/mol. The van der Waals surface area contributed by atoms with Crippen LogP contribution < -0.4 is 0 Å². The van der Waals surface area contributed by atoms with Crippen LogP contribution in [0.3, 0.4) is 0 Å². The molecule has 1 saturated heterocycles. The van der Waals surface area contributed by atoms with Crippen molar-refractivity contribution in [1.82, 2.24) is 0 Å². The molecule has 1 rings (SSSR count). The molecule has 0 aromatic heterocycles. The van der Waals surface area contributed by atoms with Crippen molar-refractivity contribution in [2.45, 2.75) is 18.9 Å². The van der Waals surface area contributed by atoms with Gasteiger partial charge in [-0.15, -0.1) is 0 Å². The van der Waals surface area contributed by atoms with Crippen LogP contribution >= 0.6 is 12.2 Å². The van der Waals surface area contributed by atoms with Crippen molar-refractivity contribution in [2.75, 3.05) is 13.2 Å². The number of isothiocyanates is 1. The van der Waals surface area contributed by atoms with Gasteiger partial charge in [0.05, 0.1) is 17.8 Å². The second kappa shape index (κ2) is 3.72. The highest BCUT2D eigenvalue weighted by Gasteiger charge is 2.13. The van der Waals surface area contributed by atoms with Gasteiger partial charge >= 0.3 is 0 Å². The number of rotatable bonds is 2. The van der Waals surface area contributed by atoms with E-state index >= 15 is 0 Å². The minimum atomic E-state index is 0.320. The van der Waals surface area contributed by atoms with E-state index in [1.54, 1.807) is 0 Å². The second-order valence-electron chi connectivity index (χ2n) is 2.07. The standard InChI is InChI=1S/C6H9NOS/c9-5-7-4-6-2-1-3-8-6/h6H,1-4H2. The third-order valence-electron chi connectivity index (χ3n) is 1.38. The maximum absolute atomic E-state index is 5.27. The molecule has 2 nitrogen and oxygen atoms in total. The molecule has 50 valence electrons. The monoisotopic (exact) mass is 143 g/mol. The summed E-state index contributed by atoms with van der Waals surface area (Å²) in [6.45, 7) is 1.58. The smallest absolute Gasteiger partial charge is 0.0779 e. The summed E-state index contributed by atoms with van der Waals surface area (Å²) in [5.74, 6) is 0. The summed E-state index contributed by atoms with van der Waals surface area (Å²) in [5.41, 5.74) is 0. The first-order chi connectivity index (χ1) is 4.43. The van der Waals surface area contributed by atoms with Crippen LogP contribution in [0.2, 0.25) is 0 Å². The molecule has 0 amide bonds. The van der Waals surface area contributed by atoms with Gasteiger partial charge in [0, 0.05) is 6.61 Å². The average Bonchev–Trinajstić information content (AvgIpc) is 2.34. The maximum atomic E-state index is 5.27. The summed E-state index contributed by atoms with van der Waals surface area (Å²) in [6.07, 6.45) is 2.61. The molecule has 0 bridgehead atoms. The van der Waals surface area contributed by atoms with E-state index in [1.807, 2.05) is 0 Å². The predicted octanol–water partition coefficient (Wildman–Crippen LogP) is 1.27. The van der Waals surface area contributed by atoms with Crippen LogP contribution in [-0.4, -0.2) is 24.4 Å². The number of ether oxygens (including phenoxy) is 1. The molecule has 1 aliphatic heterocycles. The van der Waals surface area contributed by atoms with Gasteiger partial charge in [-0.2, -0.15) is 0 Å². The highest BCUT2D eigenvalue weighted by atomic mass is 32.1. The lowest BCUT2D eigenvalue weighted by Crippen LogP contribution is -2.08. The molecular formula is C6H9NOS. The summed E-state index contributed by atoms with van der Waals surface area (Å²) in [5, 5.41) is 2.32. The van der Waals surface area contributed by atoms with Gasteiger partial charge in [-0.05, 0) is 25.1 Å². The van der Waals surface area contributed by atoms with E-state index < -0.39 is 0 Å². The number of hydrogen-bond acceptors (Lipinski definition) is 3. The minimum absolute atomic E-state index is 0.320. The zero-order chi connectivity index (χ0) is 6.53. The van der Waals surface area contributed by atoms with E-state index in [-0.39, 0.29) is 0 Å². The molecule has 1 heterocycles. The summed E-state index contributed by atoms with van der Waals surface area (Å²) >= 11 is 4.41. The van der Waals surface area contributed by atoms with Crippen molar-refractivity contribution in [2.24, 2.45) is 4.99 Å². The van der Waals surface area contributed by atoms with Gasteiger partial charge in [-0.1, -0.05) is 0 Å². The van der Waals surface area contributed by atoms with E-state index in [0.29, 0.717) is 12.6 Å². The molecule has 0 aromatic rings. The van der Waals surface area contributed by atoms with E-state index in [9.17, 15) is 0 Å². The van der Waals surface area contributed by atoms with Crippen LogP contribution in [0.1, 0.15) is 12.8 Å². The topological polar surface area (TPSA) is 21.6 Å². The van der Waals surface area contributed by atoms with Crippen molar-refractivity contribution in [3.63, 3.8) is 0 Å². The van der Waals surface area contributed by atoms with Gasteiger partial charge < -0.3 is 4.74 Å². The molecule has 0 radical (unpaired) electrons. The summed E-state index contributed by atoms with van der Waals surface area (Å²) in [6, 6.07) is 0. The highest BCUT2D eigenvalue weighted by Crippen LogP contribution is 2.11. The van der Waals surface area contributed by atoms with E-state index in [0.717, 1.165) is 19.4 Å². The van der Waals surface area contributed by atoms with Gasteiger partial charge in [0.15, 0.2) is 0 Å². The van der Waals surface area contributed by atoms with Crippen molar-refractivity contribution < 1.29 is 4.74 Å². The molecule has 0 aromatic carbocycles. The molecule has 0 saturated carbocycles. The summed E-state index contributed by atoms with van der Waals surface area (Å²) in [4.78, 5) is 3.79. The minimum Gasteiger partial charge on any atom is -0.376 e. The fraction of sp³-hybridized carbons (Fsp3) is 0.833. The third kappa shape index (κ3) is 2.22. The van der Waals surface area contributed by atoms with E-state index in [2.05, 4.69) is 22.4 Å². The first-order valence-corrected chi connectivity index (χ1v) is 3.49. The van der Waals surface area contributed by atoms with Crippen LogP contribution in [0.5, 0.6) is 0 Å². The summed E-state index contributed by atoms with van der Waals surface area (Å²) in [7, 11) is 0. The zero-order valence-corrected chi connectivity index (χ0v) is 5.99. The molecule has 3 heteroatoms. The van der Waals surface area contributed by atoms with Crippen LogP contribution in [0.15, 0.2) is 4.99 Å². The van der Waals surface area contributed by atoms with Crippen molar-refractivity contribution in [1.29, 1.82) is 0 Å². The Hall–Kier alpha value is -0.240. The Balaban J connectivity index is 2.18. The zero-order valence-electron chi connectivity index (χ0n) is 5.17. The Morgan fingerprint density at radius 1 is 1.78 bits per heavy atom. The van der Waals surface area contributed by atoms with Crippen LogP contribution in [0.4, 0.5) is 0 Å². The normalized spacial score (nSPS) is 25.6. The van der Waals surface area contributed by atoms with Crippen LogP contribution in [0, 0.1) is 0 Å². The quantitative estimate of drug-likeness (QED) is 0.429. The fourth-order valence-corrected chi connectivity index (χ4v) is 1.00. The Morgan fingerprint density at radius 2 is 2.67 bits per heavy atom. The third-order valence-corrected chi connectivity index (χ3v) is 1.51. The lowest BCUT2D eigenvalue weighted by Gasteiger charge is -2.01. The Bertz CT molecular complexity index is 125. The number of hydrogen-bond donors (Lipinski definition) is 0. The Morgan fingerprint density at radius 3 is 3.22 bits per heavy atom. The summed E-state index contributed by atoms with van der Waals surface area (Å²) < 4.78 is 5.27. The molecule has 1 aliphatic rings. The second-order valence-corrected chi connectivity index (χ2v) is 2.25. The van der Waals surface area contributed by atoms with Gasteiger partial charge in [-0.3, -0.25) is 0 Å². The first kappa shape index (κ1) is 6.87. The Kier molecular flexibility index (Phi) is 2.84. The molecular weight excluding hydrogens is 134 g/mol. The lowest BCUT2D eigenvalue weighted by atomic mass is 10.2. The lowest BCUT2D eigenvalue weighted by molar-refractivity contribution is 0.118. The number of thiocarbonyl (C=S) groups is 1. The number of nitrogens with zero attached hydrogens (tertiary/aromatic N) is 1. The SMILES string of the molecule is S=C=NCC1CCCO1. The molecule has 1 unspecified atom stereocenters. The van der Waals surface area contributed by atoms with Gasteiger partial charge in [0.1, 0.15) is 0 Å². The van der Waals surface area contributed by atoms with Crippen LogP contribution in [-0.2, 0) is 4.74 Å². The van der Waals surface area contributed by atoms with Crippen molar-refractivity contribution >= 4 is 17.4 Å². The molecule has 0 N–H and O–H groups in total. The van der Waals surface area contributed by atoms with E-state index in [4.69, 9.17) is 4.74 Å². The van der Waals surface area contributed by atoms with Gasteiger partial charge in [0.25, 0.3) is 0 Å². The molecule has 0 spiro atoms. The molecule has 1 atom stereocenters. The van der Waals surface area contributed by atoms with Crippen molar-refractivity contribution in [3.8, 4) is 0 Å². The Labute approximate surface area is 59.9 Å². The maximum Gasteiger partial charge on any atom is 0.0779 e.